The number of thiazole rings is 1. The number of terminal acetylenes is 1. The van der Waals surface area contributed by atoms with Gasteiger partial charge in [0.2, 0.25) is 0 Å². The number of aromatic nitrogens is 1. The minimum absolute atomic E-state index is 0.160. The van der Waals surface area contributed by atoms with Crippen LogP contribution in [0.3, 0.4) is 0 Å². The van der Waals surface area contributed by atoms with Crippen LogP contribution in [0.1, 0.15) is 20.8 Å². The van der Waals surface area contributed by atoms with Crippen LogP contribution in [-0.2, 0) is 11.3 Å². The lowest BCUT2D eigenvalue weighted by Gasteiger charge is -2.11. The Morgan fingerprint density at radius 2 is 2.19 bits per heavy atom. The molecule has 0 fully saturated rings. The standard InChI is InChI=1S/C16H18N2O2S/c1-6-9-18-12-8-7-11(20-5)10-13(12)21-15(18)17-14(19)16(2,3)4/h1,7-8,10H,9H2,2-5H3. The van der Waals surface area contributed by atoms with E-state index in [4.69, 9.17) is 11.2 Å². The molecule has 1 heterocycles. The van der Waals surface area contributed by atoms with Crippen molar-refractivity contribution in [2.45, 2.75) is 27.3 Å². The molecule has 0 bridgehead atoms. The van der Waals surface area contributed by atoms with E-state index in [1.807, 2.05) is 43.5 Å². The van der Waals surface area contributed by atoms with Crippen molar-refractivity contribution in [3.8, 4) is 18.1 Å². The summed E-state index contributed by atoms with van der Waals surface area (Å²) in [6, 6.07) is 5.73. The summed E-state index contributed by atoms with van der Waals surface area (Å²) in [4.78, 5) is 17.0. The molecule has 0 radical (unpaired) electrons. The molecule has 0 unspecified atom stereocenters. The van der Waals surface area contributed by atoms with Crippen LogP contribution in [0.2, 0.25) is 0 Å². The van der Waals surface area contributed by atoms with Crippen molar-refractivity contribution in [1.29, 1.82) is 0 Å². The lowest BCUT2D eigenvalue weighted by Crippen LogP contribution is -2.23. The molecule has 0 atom stereocenters. The monoisotopic (exact) mass is 302 g/mol. The number of ether oxygens (including phenoxy) is 1. The van der Waals surface area contributed by atoms with Gasteiger partial charge < -0.3 is 9.30 Å². The molecule has 2 aromatic rings. The van der Waals surface area contributed by atoms with Crippen molar-refractivity contribution in [2.24, 2.45) is 10.4 Å². The zero-order chi connectivity index (χ0) is 15.6. The quantitative estimate of drug-likeness (QED) is 0.801. The molecule has 0 aliphatic rings. The first kappa shape index (κ1) is 15.3. The molecule has 2 rings (SSSR count). The molecular formula is C16H18N2O2S. The summed E-state index contributed by atoms with van der Waals surface area (Å²) in [6.07, 6.45) is 5.43. The van der Waals surface area contributed by atoms with Gasteiger partial charge in [0.15, 0.2) is 4.80 Å². The average Bonchev–Trinajstić information content (AvgIpc) is 2.75. The summed E-state index contributed by atoms with van der Waals surface area (Å²) in [6.45, 7) is 5.92. The van der Waals surface area contributed by atoms with Crippen LogP contribution in [0.25, 0.3) is 10.2 Å². The fraction of sp³-hybridized carbons (Fsp3) is 0.375. The Morgan fingerprint density at radius 3 is 2.76 bits per heavy atom. The minimum atomic E-state index is -0.512. The molecule has 5 heteroatoms. The van der Waals surface area contributed by atoms with Gasteiger partial charge in [0.1, 0.15) is 5.75 Å². The third kappa shape index (κ3) is 3.17. The van der Waals surface area contributed by atoms with E-state index < -0.39 is 5.41 Å². The van der Waals surface area contributed by atoms with E-state index in [1.54, 1.807) is 7.11 Å². The molecule has 0 saturated carbocycles. The third-order valence-corrected chi connectivity index (χ3v) is 4.02. The van der Waals surface area contributed by atoms with Gasteiger partial charge in [-0.3, -0.25) is 4.79 Å². The number of rotatable bonds is 2. The van der Waals surface area contributed by atoms with Gasteiger partial charge in [-0.05, 0) is 18.2 Å². The second-order valence-electron chi connectivity index (χ2n) is 5.68. The number of nitrogens with zero attached hydrogens (tertiary/aromatic N) is 2. The molecule has 110 valence electrons. The summed E-state index contributed by atoms with van der Waals surface area (Å²) >= 11 is 1.44. The second-order valence-corrected chi connectivity index (χ2v) is 6.68. The predicted molar refractivity (Wildman–Crippen MR) is 85.2 cm³/mol. The lowest BCUT2D eigenvalue weighted by molar-refractivity contribution is -0.125. The van der Waals surface area contributed by atoms with Crippen LogP contribution >= 0.6 is 11.3 Å². The first-order valence-corrected chi connectivity index (χ1v) is 7.38. The first-order valence-electron chi connectivity index (χ1n) is 6.57. The number of methoxy groups -OCH3 is 1. The van der Waals surface area contributed by atoms with Crippen LogP contribution in [0.4, 0.5) is 0 Å². The van der Waals surface area contributed by atoms with Gasteiger partial charge in [0, 0.05) is 5.41 Å². The van der Waals surface area contributed by atoms with Crippen molar-refractivity contribution in [1.82, 2.24) is 4.57 Å². The second kappa shape index (κ2) is 5.74. The Hall–Kier alpha value is -2.06. The van der Waals surface area contributed by atoms with E-state index in [0.717, 1.165) is 16.0 Å². The number of amides is 1. The molecule has 1 amide bonds. The largest absolute Gasteiger partial charge is 0.497 e. The van der Waals surface area contributed by atoms with Gasteiger partial charge in [-0.2, -0.15) is 4.99 Å². The Labute approximate surface area is 128 Å². The fourth-order valence-corrected chi connectivity index (χ4v) is 2.82. The van der Waals surface area contributed by atoms with Crippen molar-refractivity contribution in [3.05, 3.63) is 23.0 Å². The lowest BCUT2D eigenvalue weighted by atomic mass is 9.96. The molecule has 0 N–H and O–H groups in total. The van der Waals surface area contributed by atoms with Gasteiger partial charge >= 0.3 is 0 Å². The summed E-state index contributed by atoms with van der Waals surface area (Å²) in [5.41, 5.74) is 0.446. The van der Waals surface area contributed by atoms with E-state index in [2.05, 4.69) is 10.9 Å². The summed E-state index contributed by atoms with van der Waals surface area (Å²) in [7, 11) is 1.62. The Kier molecular flexibility index (Phi) is 4.19. The zero-order valence-corrected chi connectivity index (χ0v) is 13.5. The average molecular weight is 302 g/mol. The van der Waals surface area contributed by atoms with Crippen molar-refractivity contribution < 1.29 is 9.53 Å². The third-order valence-electron chi connectivity index (χ3n) is 2.98. The summed E-state index contributed by atoms with van der Waals surface area (Å²) in [5.74, 6) is 3.22. The van der Waals surface area contributed by atoms with Crippen molar-refractivity contribution in [2.75, 3.05) is 7.11 Å². The van der Waals surface area contributed by atoms with Crippen LogP contribution in [-0.4, -0.2) is 17.6 Å². The summed E-state index contributed by atoms with van der Waals surface area (Å²) in [5, 5.41) is 0. The molecule has 1 aromatic heterocycles. The summed E-state index contributed by atoms with van der Waals surface area (Å²) < 4.78 is 8.10. The van der Waals surface area contributed by atoms with E-state index >= 15 is 0 Å². The molecule has 0 aliphatic carbocycles. The zero-order valence-electron chi connectivity index (χ0n) is 12.6. The Morgan fingerprint density at radius 1 is 1.48 bits per heavy atom. The van der Waals surface area contributed by atoms with Crippen molar-refractivity contribution in [3.63, 3.8) is 0 Å². The molecular weight excluding hydrogens is 284 g/mol. The predicted octanol–water partition coefficient (Wildman–Crippen LogP) is 2.82. The molecule has 0 saturated heterocycles. The van der Waals surface area contributed by atoms with Gasteiger partial charge in [-0.15, -0.1) is 6.42 Å². The fourth-order valence-electron chi connectivity index (χ4n) is 1.76. The van der Waals surface area contributed by atoms with E-state index in [1.165, 1.54) is 11.3 Å². The number of hydrogen-bond acceptors (Lipinski definition) is 3. The van der Waals surface area contributed by atoms with Crippen LogP contribution in [0.15, 0.2) is 23.2 Å². The maximum Gasteiger partial charge on any atom is 0.253 e. The van der Waals surface area contributed by atoms with E-state index in [0.29, 0.717) is 11.3 Å². The number of hydrogen-bond donors (Lipinski definition) is 0. The van der Waals surface area contributed by atoms with E-state index in [9.17, 15) is 4.79 Å². The smallest absolute Gasteiger partial charge is 0.253 e. The number of benzene rings is 1. The SMILES string of the molecule is C#CCn1c(=NC(=O)C(C)(C)C)sc2cc(OC)ccc21. The van der Waals surface area contributed by atoms with Gasteiger partial charge in [0.25, 0.3) is 5.91 Å². The highest BCUT2D eigenvalue weighted by atomic mass is 32.1. The molecule has 1 aromatic carbocycles. The first-order chi connectivity index (χ1) is 9.86. The molecule has 21 heavy (non-hydrogen) atoms. The van der Waals surface area contributed by atoms with Crippen LogP contribution in [0, 0.1) is 17.8 Å². The normalized spacial score (nSPS) is 12.4. The molecule has 4 nitrogen and oxygen atoms in total. The highest BCUT2D eigenvalue weighted by Crippen LogP contribution is 2.23. The highest BCUT2D eigenvalue weighted by molar-refractivity contribution is 7.16. The van der Waals surface area contributed by atoms with E-state index in [-0.39, 0.29) is 5.91 Å². The highest BCUT2D eigenvalue weighted by Gasteiger charge is 2.21. The number of fused-ring (bicyclic) bond motifs is 1. The van der Waals surface area contributed by atoms with Gasteiger partial charge in [-0.25, -0.2) is 0 Å². The maximum absolute atomic E-state index is 12.1. The molecule has 0 spiro atoms. The van der Waals surface area contributed by atoms with Gasteiger partial charge in [-0.1, -0.05) is 38.0 Å². The van der Waals surface area contributed by atoms with Gasteiger partial charge in [0.05, 0.1) is 23.9 Å². The topological polar surface area (TPSA) is 43.6 Å². The van der Waals surface area contributed by atoms with Crippen LogP contribution in [0.5, 0.6) is 5.75 Å². The minimum Gasteiger partial charge on any atom is -0.497 e. The number of carbonyl (C=O) groups excluding carboxylic acids is 1. The van der Waals surface area contributed by atoms with Crippen molar-refractivity contribution >= 4 is 27.5 Å². The number of carbonyl (C=O) groups is 1. The molecule has 0 aliphatic heterocycles. The van der Waals surface area contributed by atoms with Crippen LogP contribution < -0.4 is 9.54 Å². The Balaban J connectivity index is 2.68. The maximum atomic E-state index is 12.1. The Bertz CT molecular complexity index is 785.